The number of likely N-dealkylation sites (tertiary alicyclic amines) is 1. The van der Waals surface area contributed by atoms with Gasteiger partial charge in [0.1, 0.15) is 0 Å². The van der Waals surface area contributed by atoms with Crippen molar-refractivity contribution >= 4 is 22.4 Å². The molecule has 1 N–H and O–H groups in total. The van der Waals surface area contributed by atoms with Crippen molar-refractivity contribution in [3.63, 3.8) is 0 Å². The highest BCUT2D eigenvalue weighted by atomic mass is 32.1. The van der Waals surface area contributed by atoms with Crippen molar-refractivity contribution < 1.29 is 4.79 Å². The van der Waals surface area contributed by atoms with E-state index in [0.717, 1.165) is 35.1 Å². The Hall–Kier alpha value is -0.940. The molecule has 0 spiro atoms. The lowest BCUT2D eigenvalue weighted by molar-refractivity contribution is -0.117. The van der Waals surface area contributed by atoms with Gasteiger partial charge in [-0.1, -0.05) is 13.3 Å². The first-order chi connectivity index (χ1) is 11.7. The van der Waals surface area contributed by atoms with Gasteiger partial charge in [-0.05, 0) is 68.9 Å². The summed E-state index contributed by atoms with van der Waals surface area (Å²) < 4.78 is 0. The van der Waals surface area contributed by atoms with Crippen LogP contribution in [-0.2, 0) is 11.3 Å². The van der Waals surface area contributed by atoms with Crippen LogP contribution in [0, 0.1) is 23.7 Å². The van der Waals surface area contributed by atoms with Crippen LogP contribution in [0.5, 0.6) is 0 Å². The molecule has 2 bridgehead atoms. The Morgan fingerprint density at radius 3 is 2.83 bits per heavy atom. The highest BCUT2D eigenvalue weighted by Gasteiger charge is 2.40. The quantitative estimate of drug-likeness (QED) is 0.871. The maximum absolute atomic E-state index is 12.3. The smallest absolute Gasteiger partial charge is 0.226 e. The van der Waals surface area contributed by atoms with Gasteiger partial charge in [-0.15, -0.1) is 11.3 Å². The number of rotatable bonds is 5. The number of carbonyl (C=O) groups is 1. The molecular weight excluding hydrogens is 318 g/mol. The molecule has 2 saturated carbocycles. The zero-order chi connectivity index (χ0) is 16.5. The van der Waals surface area contributed by atoms with Crippen molar-refractivity contribution in [1.29, 1.82) is 0 Å². The summed E-state index contributed by atoms with van der Waals surface area (Å²) >= 11 is 1.57. The van der Waals surface area contributed by atoms with Crippen LogP contribution in [0.25, 0.3) is 0 Å². The van der Waals surface area contributed by atoms with Crippen molar-refractivity contribution in [2.45, 2.75) is 58.4 Å². The zero-order valence-corrected chi connectivity index (χ0v) is 15.5. The first-order valence-corrected chi connectivity index (χ1v) is 10.5. The van der Waals surface area contributed by atoms with E-state index in [0.29, 0.717) is 12.3 Å². The summed E-state index contributed by atoms with van der Waals surface area (Å²) in [6.45, 7) is 5.60. The largest absolute Gasteiger partial charge is 0.302 e. The summed E-state index contributed by atoms with van der Waals surface area (Å²) in [6.07, 6.45) is 8.66. The first-order valence-electron chi connectivity index (χ1n) is 9.62. The lowest BCUT2D eigenvalue weighted by Gasteiger charge is -2.29. The van der Waals surface area contributed by atoms with Crippen molar-refractivity contribution in [1.82, 2.24) is 9.88 Å². The summed E-state index contributed by atoms with van der Waals surface area (Å²) in [6, 6.07) is 0. The zero-order valence-electron chi connectivity index (χ0n) is 14.7. The first kappa shape index (κ1) is 16.5. The molecule has 0 radical (unpaired) electrons. The summed E-state index contributed by atoms with van der Waals surface area (Å²) in [5, 5.41) is 5.93. The maximum Gasteiger partial charge on any atom is 0.226 e. The summed E-state index contributed by atoms with van der Waals surface area (Å²) in [7, 11) is 0. The number of nitrogens with one attached hydrogen (secondary N) is 1. The van der Waals surface area contributed by atoms with Crippen LogP contribution in [0.3, 0.4) is 0 Å². The molecule has 0 aromatic carbocycles. The highest BCUT2D eigenvalue weighted by molar-refractivity contribution is 7.13. The average molecular weight is 348 g/mol. The van der Waals surface area contributed by atoms with Crippen LogP contribution in [0.2, 0.25) is 0 Å². The van der Waals surface area contributed by atoms with Crippen LogP contribution in [0.4, 0.5) is 5.13 Å². The van der Waals surface area contributed by atoms with E-state index in [1.165, 1.54) is 51.6 Å². The second-order valence-electron chi connectivity index (χ2n) is 8.29. The second-order valence-corrected chi connectivity index (χ2v) is 9.15. The molecule has 3 aliphatic rings. The van der Waals surface area contributed by atoms with E-state index < -0.39 is 0 Å². The summed E-state index contributed by atoms with van der Waals surface area (Å²) in [4.78, 5) is 19.4. The normalized spacial score (nSPS) is 30.8. The fraction of sp³-hybridized carbons (Fsp3) is 0.789. The van der Waals surface area contributed by atoms with E-state index in [1.54, 1.807) is 11.3 Å². The Bertz CT molecular complexity index is 579. The van der Waals surface area contributed by atoms with Gasteiger partial charge in [0, 0.05) is 18.3 Å². The average Bonchev–Trinajstić information content (AvgIpc) is 3.27. The number of hydrogen-bond donors (Lipinski definition) is 1. The van der Waals surface area contributed by atoms with Crippen LogP contribution in [0.1, 0.15) is 57.6 Å². The van der Waals surface area contributed by atoms with E-state index >= 15 is 0 Å². The Morgan fingerprint density at radius 2 is 2.12 bits per heavy atom. The van der Waals surface area contributed by atoms with Gasteiger partial charge >= 0.3 is 0 Å². The van der Waals surface area contributed by atoms with Gasteiger partial charge in [0.15, 0.2) is 5.13 Å². The number of aromatic nitrogens is 1. The number of thiazole rings is 1. The predicted octanol–water partition coefficient (Wildman–Crippen LogP) is 4.14. The minimum absolute atomic E-state index is 0.167. The molecule has 4 rings (SSSR count). The van der Waals surface area contributed by atoms with Gasteiger partial charge in [0.25, 0.3) is 0 Å². The highest BCUT2D eigenvalue weighted by Crippen LogP contribution is 2.49. The van der Waals surface area contributed by atoms with E-state index in [-0.39, 0.29) is 5.91 Å². The van der Waals surface area contributed by atoms with Crippen molar-refractivity contribution in [3.8, 4) is 0 Å². The third kappa shape index (κ3) is 3.83. The fourth-order valence-electron chi connectivity index (χ4n) is 4.92. The molecular formula is C19H29N3OS. The van der Waals surface area contributed by atoms with Gasteiger partial charge in [0.05, 0.1) is 5.69 Å². The molecule has 5 heteroatoms. The molecule has 1 saturated heterocycles. The van der Waals surface area contributed by atoms with E-state index in [2.05, 4.69) is 27.5 Å². The molecule has 2 heterocycles. The fourth-order valence-corrected chi connectivity index (χ4v) is 5.64. The number of nitrogens with zero attached hydrogens (tertiary/aromatic N) is 2. The molecule has 2 aliphatic carbocycles. The molecule has 1 amide bonds. The number of anilines is 1. The molecule has 3 fully saturated rings. The Labute approximate surface area is 149 Å². The lowest BCUT2D eigenvalue weighted by atomic mass is 9.86. The number of piperidine rings is 1. The summed E-state index contributed by atoms with van der Waals surface area (Å²) in [5.74, 6) is 3.37. The third-order valence-corrected chi connectivity index (χ3v) is 7.20. The Kier molecular flexibility index (Phi) is 4.90. The SMILES string of the molecule is CC1CCN(Cc2csc(NC(=O)C[C@@H]3C[C@H]4CC[C@H]3C4)n2)CC1. The standard InChI is InChI=1S/C19H29N3OS/c1-13-4-6-22(7-5-13)11-17-12-24-19(20-17)21-18(23)10-16-9-14-2-3-15(16)8-14/h12-16H,2-11H2,1H3,(H,20,21,23)/t14-,15-,16-/m0/s1. The monoisotopic (exact) mass is 347 g/mol. The molecule has 0 unspecified atom stereocenters. The van der Waals surface area contributed by atoms with Gasteiger partial charge in [-0.25, -0.2) is 4.98 Å². The molecule has 132 valence electrons. The van der Waals surface area contributed by atoms with Crippen molar-refractivity contribution in [2.75, 3.05) is 18.4 Å². The Morgan fingerprint density at radius 1 is 1.29 bits per heavy atom. The van der Waals surface area contributed by atoms with E-state index in [9.17, 15) is 4.79 Å². The van der Waals surface area contributed by atoms with Gasteiger partial charge in [0.2, 0.25) is 5.91 Å². The van der Waals surface area contributed by atoms with Crippen LogP contribution < -0.4 is 5.32 Å². The minimum atomic E-state index is 0.167. The third-order valence-electron chi connectivity index (χ3n) is 6.39. The van der Waals surface area contributed by atoms with E-state index in [1.807, 2.05) is 0 Å². The number of hydrogen-bond acceptors (Lipinski definition) is 4. The number of carbonyl (C=O) groups excluding carboxylic acids is 1. The number of fused-ring (bicyclic) bond motifs is 2. The molecule has 1 aliphatic heterocycles. The molecule has 3 atom stereocenters. The Balaban J connectivity index is 1.25. The molecule has 1 aromatic heterocycles. The summed E-state index contributed by atoms with van der Waals surface area (Å²) in [5.41, 5.74) is 1.10. The van der Waals surface area contributed by atoms with Gasteiger partial charge < -0.3 is 5.32 Å². The van der Waals surface area contributed by atoms with Crippen molar-refractivity contribution in [3.05, 3.63) is 11.1 Å². The molecule has 4 nitrogen and oxygen atoms in total. The molecule has 1 aromatic rings. The molecule has 24 heavy (non-hydrogen) atoms. The van der Waals surface area contributed by atoms with Crippen LogP contribution >= 0.6 is 11.3 Å². The number of amides is 1. The maximum atomic E-state index is 12.3. The van der Waals surface area contributed by atoms with Gasteiger partial charge in [-0.3, -0.25) is 9.69 Å². The van der Waals surface area contributed by atoms with Gasteiger partial charge in [-0.2, -0.15) is 0 Å². The van der Waals surface area contributed by atoms with Crippen molar-refractivity contribution in [2.24, 2.45) is 23.7 Å². The second kappa shape index (κ2) is 7.12. The van der Waals surface area contributed by atoms with Crippen LogP contribution in [0.15, 0.2) is 5.38 Å². The topological polar surface area (TPSA) is 45.2 Å². The lowest BCUT2D eigenvalue weighted by Crippen LogP contribution is -2.32. The minimum Gasteiger partial charge on any atom is -0.302 e. The van der Waals surface area contributed by atoms with E-state index in [4.69, 9.17) is 0 Å². The van der Waals surface area contributed by atoms with Crippen LogP contribution in [-0.4, -0.2) is 28.9 Å². The predicted molar refractivity (Wildman–Crippen MR) is 98.0 cm³/mol.